The molecule has 2 aromatic heterocycles. The number of aryl methyl sites for hydroxylation is 1. The zero-order valence-corrected chi connectivity index (χ0v) is 10.6. The summed E-state index contributed by atoms with van der Waals surface area (Å²) in [5.41, 5.74) is 0. The van der Waals surface area contributed by atoms with Gasteiger partial charge in [0.1, 0.15) is 11.6 Å². The van der Waals surface area contributed by atoms with Crippen LogP contribution in [0.15, 0.2) is 18.5 Å². The molecule has 0 atom stereocenters. The number of nitrogens with one attached hydrogen (secondary N) is 1. The summed E-state index contributed by atoms with van der Waals surface area (Å²) in [6.07, 6.45) is 3.71. The summed E-state index contributed by atoms with van der Waals surface area (Å²) < 4.78 is 2.81. The lowest BCUT2D eigenvalue weighted by Gasteiger charge is -2.04. The molecule has 1 N–H and O–H groups in total. The lowest BCUT2D eigenvalue weighted by molar-refractivity contribution is 0.829. The first-order chi connectivity index (χ1) is 7.19. The Labute approximate surface area is 101 Å². The second-order valence-electron chi connectivity index (χ2n) is 3.01. The van der Waals surface area contributed by atoms with Crippen LogP contribution in [-0.2, 0) is 0 Å². The summed E-state index contributed by atoms with van der Waals surface area (Å²) in [5, 5.41) is 7.18. The van der Waals surface area contributed by atoms with Crippen molar-refractivity contribution < 1.29 is 0 Å². The van der Waals surface area contributed by atoms with Gasteiger partial charge in [-0.3, -0.25) is 0 Å². The van der Waals surface area contributed by atoms with Crippen LogP contribution < -0.4 is 5.32 Å². The van der Waals surface area contributed by atoms with Crippen LogP contribution in [0.3, 0.4) is 0 Å². The molecule has 2 aromatic rings. The van der Waals surface area contributed by atoms with Gasteiger partial charge in [-0.25, -0.2) is 14.6 Å². The number of rotatable bonds is 2. The van der Waals surface area contributed by atoms with Gasteiger partial charge in [-0.15, -0.1) is 0 Å². The Morgan fingerprint density at radius 1 is 1.40 bits per heavy atom. The minimum atomic E-state index is 0.724. The number of nitrogens with zero attached hydrogens (tertiary/aromatic N) is 4. The van der Waals surface area contributed by atoms with E-state index >= 15 is 0 Å². The Morgan fingerprint density at radius 3 is 2.80 bits per heavy atom. The summed E-state index contributed by atoms with van der Waals surface area (Å²) in [7, 11) is 1.83. The van der Waals surface area contributed by atoms with Crippen LogP contribution in [0.2, 0.25) is 0 Å². The first kappa shape index (κ1) is 10.3. The van der Waals surface area contributed by atoms with Crippen LogP contribution in [0.5, 0.6) is 0 Å². The number of aromatic nitrogens is 4. The smallest absolute Gasteiger partial charge is 0.159 e. The molecule has 0 spiro atoms. The maximum Gasteiger partial charge on any atom is 0.159 e. The molecule has 5 nitrogen and oxygen atoms in total. The first-order valence-corrected chi connectivity index (χ1v) is 5.51. The monoisotopic (exact) mass is 315 g/mol. The molecular formula is C9H10IN5. The SMILES string of the molecule is CNc1cc(-n2cc(I)cn2)nc(C)n1. The van der Waals surface area contributed by atoms with Gasteiger partial charge in [0.2, 0.25) is 0 Å². The van der Waals surface area contributed by atoms with Gasteiger partial charge in [0, 0.05) is 19.3 Å². The van der Waals surface area contributed by atoms with E-state index in [1.54, 1.807) is 10.9 Å². The molecule has 0 amide bonds. The molecule has 2 heterocycles. The molecule has 15 heavy (non-hydrogen) atoms. The van der Waals surface area contributed by atoms with E-state index in [-0.39, 0.29) is 0 Å². The number of halogens is 1. The fourth-order valence-electron chi connectivity index (χ4n) is 1.22. The molecule has 0 bridgehead atoms. The Hall–Kier alpha value is -1.18. The molecule has 0 aliphatic rings. The maximum absolute atomic E-state index is 4.31. The molecular weight excluding hydrogens is 305 g/mol. The molecule has 2 rings (SSSR count). The van der Waals surface area contributed by atoms with E-state index in [2.05, 4.69) is 43.0 Å². The Morgan fingerprint density at radius 2 is 2.20 bits per heavy atom. The van der Waals surface area contributed by atoms with Crippen molar-refractivity contribution in [1.82, 2.24) is 19.7 Å². The van der Waals surface area contributed by atoms with E-state index in [4.69, 9.17) is 0 Å². The lowest BCUT2D eigenvalue weighted by Crippen LogP contribution is -2.03. The van der Waals surface area contributed by atoms with Crippen molar-refractivity contribution >= 4 is 28.4 Å². The molecule has 0 fully saturated rings. The second-order valence-corrected chi connectivity index (χ2v) is 4.26. The van der Waals surface area contributed by atoms with Crippen molar-refractivity contribution in [2.75, 3.05) is 12.4 Å². The average molecular weight is 315 g/mol. The van der Waals surface area contributed by atoms with Gasteiger partial charge < -0.3 is 5.32 Å². The van der Waals surface area contributed by atoms with Crippen LogP contribution in [0.1, 0.15) is 5.82 Å². The minimum Gasteiger partial charge on any atom is -0.373 e. The van der Waals surface area contributed by atoms with E-state index in [9.17, 15) is 0 Å². The third kappa shape index (κ3) is 2.25. The predicted octanol–water partition coefficient (Wildman–Crippen LogP) is 1.62. The first-order valence-electron chi connectivity index (χ1n) is 4.43. The van der Waals surface area contributed by atoms with E-state index in [1.165, 1.54) is 0 Å². The summed E-state index contributed by atoms with van der Waals surface area (Å²) >= 11 is 2.21. The Balaban J connectivity index is 2.48. The summed E-state index contributed by atoms with van der Waals surface area (Å²) in [6.45, 7) is 1.86. The zero-order valence-electron chi connectivity index (χ0n) is 8.40. The van der Waals surface area contributed by atoms with E-state index in [0.717, 1.165) is 21.0 Å². The number of anilines is 1. The van der Waals surface area contributed by atoms with Gasteiger partial charge in [0.15, 0.2) is 5.82 Å². The van der Waals surface area contributed by atoms with Crippen molar-refractivity contribution in [2.45, 2.75) is 6.92 Å². The molecule has 0 radical (unpaired) electrons. The highest BCUT2D eigenvalue weighted by Gasteiger charge is 2.03. The molecule has 0 saturated carbocycles. The fraction of sp³-hybridized carbons (Fsp3) is 0.222. The van der Waals surface area contributed by atoms with Crippen molar-refractivity contribution in [2.24, 2.45) is 0 Å². The second kappa shape index (κ2) is 4.13. The van der Waals surface area contributed by atoms with E-state index < -0.39 is 0 Å². The maximum atomic E-state index is 4.31. The van der Waals surface area contributed by atoms with Gasteiger partial charge in [-0.1, -0.05) is 0 Å². The Bertz CT molecular complexity index is 479. The fourth-order valence-corrected chi connectivity index (χ4v) is 1.61. The molecule has 78 valence electrons. The lowest BCUT2D eigenvalue weighted by atomic mass is 10.5. The van der Waals surface area contributed by atoms with Gasteiger partial charge in [-0.05, 0) is 29.5 Å². The normalized spacial score (nSPS) is 10.3. The third-order valence-electron chi connectivity index (χ3n) is 1.87. The topological polar surface area (TPSA) is 55.6 Å². The largest absolute Gasteiger partial charge is 0.373 e. The Kier molecular flexibility index (Phi) is 2.85. The highest BCUT2D eigenvalue weighted by atomic mass is 127. The van der Waals surface area contributed by atoms with Crippen LogP contribution in [0.4, 0.5) is 5.82 Å². The van der Waals surface area contributed by atoms with Crippen LogP contribution >= 0.6 is 22.6 Å². The van der Waals surface area contributed by atoms with E-state index in [0.29, 0.717) is 0 Å². The molecule has 6 heteroatoms. The molecule has 0 unspecified atom stereocenters. The summed E-state index contributed by atoms with van der Waals surface area (Å²) in [5.74, 6) is 2.29. The van der Waals surface area contributed by atoms with Gasteiger partial charge in [0.25, 0.3) is 0 Å². The molecule has 0 aromatic carbocycles. The zero-order chi connectivity index (χ0) is 10.8. The standard InChI is InChI=1S/C9H10IN5/c1-6-13-8(11-2)3-9(14-6)15-5-7(10)4-12-15/h3-5H,1-2H3,(H,11,13,14). The number of hydrogen-bond donors (Lipinski definition) is 1. The molecule has 0 saturated heterocycles. The van der Waals surface area contributed by atoms with Crippen LogP contribution in [0.25, 0.3) is 5.82 Å². The highest BCUT2D eigenvalue weighted by Crippen LogP contribution is 2.11. The summed E-state index contributed by atoms with van der Waals surface area (Å²) in [4.78, 5) is 8.53. The number of hydrogen-bond acceptors (Lipinski definition) is 4. The van der Waals surface area contributed by atoms with Crippen molar-refractivity contribution in [3.05, 3.63) is 27.9 Å². The quantitative estimate of drug-likeness (QED) is 0.856. The highest BCUT2D eigenvalue weighted by molar-refractivity contribution is 14.1. The van der Waals surface area contributed by atoms with Gasteiger partial charge in [0.05, 0.1) is 9.77 Å². The summed E-state index contributed by atoms with van der Waals surface area (Å²) in [6, 6.07) is 1.86. The van der Waals surface area contributed by atoms with Crippen molar-refractivity contribution in [3.63, 3.8) is 0 Å². The molecule has 0 aliphatic carbocycles. The van der Waals surface area contributed by atoms with Gasteiger partial charge >= 0.3 is 0 Å². The van der Waals surface area contributed by atoms with Crippen molar-refractivity contribution in [3.8, 4) is 5.82 Å². The average Bonchev–Trinajstić information content (AvgIpc) is 2.64. The van der Waals surface area contributed by atoms with Crippen LogP contribution in [-0.4, -0.2) is 26.8 Å². The van der Waals surface area contributed by atoms with Gasteiger partial charge in [-0.2, -0.15) is 5.10 Å². The van der Waals surface area contributed by atoms with Crippen LogP contribution in [0, 0.1) is 10.5 Å². The molecule has 0 aliphatic heterocycles. The third-order valence-corrected chi connectivity index (χ3v) is 2.42. The minimum absolute atomic E-state index is 0.724. The van der Waals surface area contributed by atoms with E-state index in [1.807, 2.05) is 26.2 Å². The predicted molar refractivity (Wildman–Crippen MR) is 66.2 cm³/mol. The van der Waals surface area contributed by atoms with Crippen molar-refractivity contribution in [1.29, 1.82) is 0 Å².